The van der Waals surface area contributed by atoms with Gasteiger partial charge in [0.15, 0.2) is 0 Å². The van der Waals surface area contributed by atoms with E-state index in [2.05, 4.69) is 124 Å². The first-order valence-electron chi connectivity index (χ1n) is 10.6. The van der Waals surface area contributed by atoms with Gasteiger partial charge in [0, 0.05) is 17.9 Å². The van der Waals surface area contributed by atoms with Crippen molar-refractivity contribution in [3.63, 3.8) is 0 Å². The molecule has 0 amide bonds. The van der Waals surface area contributed by atoms with E-state index < -0.39 is 0 Å². The summed E-state index contributed by atoms with van der Waals surface area (Å²) in [5, 5.41) is 4.64. The molecule has 2 aliphatic heterocycles. The molecule has 0 saturated carbocycles. The highest BCUT2D eigenvalue weighted by molar-refractivity contribution is 9.11. The van der Waals surface area contributed by atoms with Crippen LogP contribution in [-0.2, 0) is 14.2 Å². The molecule has 7 heteroatoms. The van der Waals surface area contributed by atoms with Crippen LogP contribution in [0.1, 0.15) is 23.3 Å². The molecule has 2 heterocycles. The predicted molar refractivity (Wildman–Crippen MR) is 145 cm³/mol. The first-order valence-corrected chi connectivity index (χ1v) is 13.8. The molecule has 4 unspecified atom stereocenters. The summed E-state index contributed by atoms with van der Waals surface area (Å²) in [5.74, 6) is 0. The minimum atomic E-state index is -0.200. The molecule has 33 heavy (non-hydrogen) atoms. The Morgan fingerprint density at radius 1 is 0.636 bits per heavy atom. The van der Waals surface area contributed by atoms with Crippen molar-refractivity contribution in [1.29, 1.82) is 0 Å². The number of fused-ring (bicyclic) bond motifs is 2. The highest BCUT2D eigenvalue weighted by Crippen LogP contribution is 2.46. The van der Waals surface area contributed by atoms with Gasteiger partial charge in [0.05, 0.1) is 13.2 Å². The van der Waals surface area contributed by atoms with E-state index >= 15 is 0 Å². The largest absolute Gasteiger partial charge is 0.370 e. The SMILES string of the molecule is Brc1ccc2c(Br)c(C(OC(c3ccc4cc(Br)ccc4c3Br)C3CO3)C3CO3)ccc2c1. The Hall–Kier alpha value is -0.800. The Bertz CT molecular complexity index is 1280. The van der Waals surface area contributed by atoms with Crippen LogP contribution in [0.2, 0.25) is 0 Å². The highest BCUT2D eigenvalue weighted by Gasteiger charge is 2.43. The van der Waals surface area contributed by atoms with Crippen LogP contribution in [0.4, 0.5) is 0 Å². The smallest absolute Gasteiger partial charge is 0.113 e. The lowest BCUT2D eigenvalue weighted by Crippen LogP contribution is -2.20. The van der Waals surface area contributed by atoms with Gasteiger partial charge in [-0.2, -0.15) is 0 Å². The Balaban J connectivity index is 1.40. The van der Waals surface area contributed by atoms with E-state index in [1.165, 1.54) is 10.8 Å². The highest BCUT2D eigenvalue weighted by atomic mass is 79.9. The number of benzene rings is 4. The minimum Gasteiger partial charge on any atom is -0.370 e. The molecular formula is C26H18Br4O3. The monoisotopic (exact) mass is 694 g/mol. The lowest BCUT2D eigenvalue weighted by molar-refractivity contribution is -0.0424. The van der Waals surface area contributed by atoms with Gasteiger partial charge in [0.25, 0.3) is 0 Å². The van der Waals surface area contributed by atoms with Crippen LogP contribution in [0.25, 0.3) is 21.5 Å². The molecule has 2 saturated heterocycles. The molecule has 2 aliphatic rings. The number of hydrogen-bond acceptors (Lipinski definition) is 3. The number of rotatable bonds is 6. The third-order valence-electron chi connectivity index (χ3n) is 6.19. The molecule has 4 aromatic rings. The van der Waals surface area contributed by atoms with Gasteiger partial charge in [-0.05, 0) is 88.8 Å². The second kappa shape index (κ2) is 9.01. The van der Waals surface area contributed by atoms with Crippen molar-refractivity contribution in [2.75, 3.05) is 13.2 Å². The van der Waals surface area contributed by atoms with E-state index in [4.69, 9.17) is 14.2 Å². The van der Waals surface area contributed by atoms with E-state index in [1.54, 1.807) is 0 Å². The fourth-order valence-electron chi connectivity index (χ4n) is 4.34. The average molecular weight is 698 g/mol. The van der Waals surface area contributed by atoms with Crippen LogP contribution < -0.4 is 0 Å². The average Bonchev–Trinajstić information content (AvgIpc) is 3.70. The summed E-state index contributed by atoms with van der Waals surface area (Å²) in [6.45, 7) is 1.39. The quantitative estimate of drug-likeness (QED) is 0.189. The van der Waals surface area contributed by atoms with Crippen LogP contribution in [0.5, 0.6) is 0 Å². The summed E-state index contributed by atoms with van der Waals surface area (Å²) in [4.78, 5) is 0. The molecule has 0 spiro atoms. The van der Waals surface area contributed by atoms with Crippen LogP contribution in [0.15, 0.2) is 78.6 Å². The van der Waals surface area contributed by atoms with Gasteiger partial charge < -0.3 is 14.2 Å². The summed E-state index contributed by atoms with van der Waals surface area (Å²) < 4.78 is 22.6. The second-order valence-electron chi connectivity index (χ2n) is 8.39. The van der Waals surface area contributed by atoms with Crippen molar-refractivity contribution in [3.8, 4) is 0 Å². The maximum Gasteiger partial charge on any atom is 0.113 e. The second-order valence-corrected chi connectivity index (χ2v) is 11.8. The van der Waals surface area contributed by atoms with Gasteiger partial charge in [-0.3, -0.25) is 0 Å². The van der Waals surface area contributed by atoms with Gasteiger partial charge in [0.1, 0.15) is 24.4 Å². The number of ether oxygens (including phenoxy) is 3. The Kier molecular flexibility index (Phi) is 6.18. The zero-order valence-corrected chi connectivity index (χ0v) is 23.6. The molecule has 0 N–H and O–H groups in total. The molecule has 0 bridgehead atoms. The van der Waals surface area contributed by atoms with E-state index in [9.17, 15) is 0 Å². The van der Waals surface area contributed by atoms with Crippen molar-refractivity contribution in [1.82, 2.24) is 0 Å². The fourth-order valence-corrected chi connectivity index (χ4v) is 6.54. The van der Waals surface area contributed by atoms with Gasteiger partial charge in [-0.15, -0.1) is 0 Å². The lowest BCUT2D eigenvalue weighted by Gasteiger charge is -2.26. The molecule has 3 nitrogen and oxygen atoms in total. The van der Waals surface area contributed by atoms with E-state index in [-0.39, 0.29) is 24.4 Å². The first-order chi connectivity index (χ1) is 16.0. The summed E-state index contributed by atoms with van der Waals surface area (Å²) >= 11 is 14.9. The Labute approximate surface area is 225 Å². The van der Waals surface area contributed by atoms with Crippen molar-refractivity contribution in [2.45, 2.75) is 24.4 Å². The van der Waals surface area contributed by atoms with Crippen LogP contribution in [0, 0.1) is 0 Å². The number of halogens is 4. The standard InChI is InChI=1S/C26H18Br4O3/c27-15-3-7-17-13(9-15)1-5-19(23(17)29)25(21-11-31-21)33-26(22-12-32-22)20-6-2-14-10-16(28)4-8-18(14)24(20)30/h1-10,21-22,25-26H,11-12H2. The Morgan fingerprint density at radius 3 is 1.45 bits per heavy atom. The van der Waals surface area contributed by atoms with Crippen molar-refractivity contribution in [2.24, 2.45) is 0 Å². The zero-order valence-electron chi connectivity index (χ0n) is 17.2. The maximum atomic E-state index is 6.85. The van der Waals surface area contributed by atoms with Crippen molar-refractivity contribution < 1.29 is 14.2 Å². The third-order valence-corrected chi connectivity index (χ3v) is 8.95. The number of hydrogen-bond donors (Lipinski definition) is 0. The maximum absolute atomic E-state index is 6.85. The Morgan fingerprint density at radius 2 is 1.06 bits per heavy atom. The zero-order chi connectivity index (χ0) is 22.7. The molecule has 168 valence electrons. The van der Waals surface area contributed by atoms with E-state index in [0.29, 0.717) is 13.2 Å². The molecule has 0 aromatic heterocycles. The summed E-state index contributed by atoms with van der Waals surface area (Å²) in [5.41, 5.74) is 2.19. The van der Waals surface area contributed by atoms with Crippen molar-refractivity contribution in [3.05, 3.63) is 89.7 Å². The topological polar surface area (TPSA) is 34.3 Å². The van der Waals surface area contributed by atoms with Crippen LogP contribution in [0.3, 0.4) is 0 Å². The number of epoxide rings is 2. The molecular weight excluding hydrogens is 680 g/mol. The van der Waals surface area contributed by atoms with E-state index in [0.717, 1.165) is 39.8 Å². The molecule has 0 aliphatic carbocycles. The molecule has 4 aromatic carbocycles. The summed E-state index contributed by atoms with van der Waals surface area (Å²) in [6, 6.07) is 21.2. The van der Waals surface area contributed by atoms with Gasteiger partial charge >= 0.3 is 0 Å². The van der Waals surface area contributed by atoms with Gasteiger partial charge in [-0.1, -0.05) is 68.3 Å². The molecule has 0 radical (unpaired) electrons. The summed E-state index contributed by atoms with van der Waals surface area (Å²) in [7, 11) is 0. The van der Waals surface area contributed by atoms with Gasteiger partial charge in [-0.25, -0.2) is 0 Å². The van der Waals surface area contributed by atoms with Crippen molar-refractivity contribution >= 4 is 85.3 Å². The molecule has 2 fully saturated rings. The molecule has 6 rings (SSSR count). The fraction of sp³-hybridized carbons (Fsp3) is 0.231. The van der Waals surface area contributed by atoms with E-state index in [1.807, 2.05) is 0 Å². The van der Waals surface area contributed by atoms with Crippen LogP contribution >= 0.6 is 63.7 Å². The minimum absolute atomic E-state index is 0.0330. The first kappa shape index (κ1) is 22.7. The molecule has 4 atom stereocenters. The predicted octanol–water partition coefficient (Wildman–Crippen LogP) is 8.64. The summed E-state index contributed by atoms with van der Waals surface area (Å²) in [6.07, 6.45) is -0.334. The van der Waals surface area contributed by atoms with Crippen LogP contribution in [-0.4, -0.2) is 25.4 Å². The normalized spacial score (nSPS) is 21.3. The van der Waals surface area contributed by atoms with Gasteiger partial charge in [0.2, 0.25) is 0 Å². The third kappa shape index (κ3) is 4.46. The lowest BCUT2D eigenvalue weighted by atomic mass is 9.99.